The smallest absolute Gasteiger partial charge is 0.410 e. The fraction of sp³-hybridized carbons (Fsp3) is 0.278. The fourth-order valence-electron chi connectivity index (χ4n) is 3.55. The molecule has 1 aromatic rings. The summed E-state index contributed by atoms with van der Waals surface area (Å²) in [7, 11) is 0. The highest BCUT2D eigenvalue weighted by Crippen LogP contribution is 2.42. The number of carbonyl (C=O) groups is 1. The van der Waals surface area contributed by atoms with Crippen molar-refractivity contribution in [2.24, 2.45) is 5.92 Å². The SMILES string of the molecule is O=C1NC2=CC=CC(C2)CC2CC=Cc3cccc(c32)O1. The number of ether oxygens (including phenoxy) is 1. The van der Waals surface area contributed by atoms with Crippen LogP contribution in [-0.2, 0) is 0 Å². The van der Waals surface area contributed by atoms with Crippen molar-refractivity contribution in [1.82, 2.24) is 5.32 Å². The number of hydrogen-bond acceptors (Lipinski definition) is 2. The van der Waals surface area contributed by atoms with E-state index in [-0.39, 0.29) is 6.09 Å². The molecular formula is C18H17NO2. The minimum atomic E-state index is -0.390. The number of nitrogens with one attached hydrogen (secondary N) is 1. The van der Waals surface area contributed by atoms with Crippen LogP contribution in [0.15, 0.2) is 48.2 Å². The fourth-order valence-corrected chi connectivity index (χ4v) is 3.55. The summed E-state index contributed by atoms with van der Waals surface area (Å²) in [5, 5.41) is 2.86. The molecule has 1 amide bonds. The van der Waals surface area contributed by atoms with Gasteiger partial charge in [-0.3, -0.25) is 5.32 Å². The normalized spacial score (nSPS) is 26.3. The molecule has 1 heterocycles. The van der Waals surface area contributed by atoms with E-state index in [0.717, 1.165) is 25.0 Å². The largest absolute Gasteiger partial charge is 0.416 e. The van der Waals surface area contributed by atoms with E-state index in [2.05, 4.69) is 29.6 Å². The van der Waals surface area contributed by atoms with Gasteiger partial charge < -0.3 is 4.74 Å². The molecule has 0 aromatic heterocycles. The van der Waals surface area contributed by atoms with Crippen LogP contribution in [-0.4, -0.2) is 6.09 Å². The van der Waals surface area contributed by atoms with Gasteiger partial charge in [0.1, 0.15) is 5.75 Å². The summed E-state index contributed by atoms with van der Waals surface area (Å²) in [4.78, 5) is 12.1. The predicted octanol–water partition coefficient (Wildman–Crippen LogP) is 4.14. The molecule has 2 unspecified atom stereocenters. The predicted molar refractivity (Wildman–Crippen MR) is 81.9 cm³/mol. The lowest BCUT2D eigenvalue weighted by Crippen LogP contribution is -2.30. The number of rotatable bonds is 0. The Hall–Kier alpha value is -2.29. The Kier molecular flexibility index (Phi) is 2.92. The highest BCUT2D eigenvalue weighted by Gasteiger charge is 2.27. The van der Waals surface area contributed by atoms with E-state index in [1.54, 1.807) is 0 Å². The summed E-state index contributed by atoms with van der Waals surface area (Å²) >= 11 is 0. The van der Waals surface area contributed by atoms with E-state index in [0.29, 0.717) is 17.6 Å². The van der Waals surface area contributed by atoms with Crippen LogP contribution in [0, 0.1) is 5.92 Å². The third-order valence-corrected chi connectivity index (χ3v) is 4.44. The Morgan fingerprint density at radius 2 is 2.24 bits per heavy atom. The quantitative estimate of drug-likeness (QED) is 0.775. The van der Waals surface area contributed by atoms with Crippen LogP contribution in [0.1, 0.15) is 36.3 Å². The van der Waals surface area contributed by atoms with Gasteiger partial charge in [0.15, 0.2) is 0 Å². The van der Waals surface area contributed by atoms with Crippen LogP contribution in [0.5, 0.6) is 5.75 Å². The van der Waals surface area contributed by atoms with Gasteiger partial charge in [0.25, 0.3) is 0 Å². The minimum absolute atomic E-state index is 0.390. The van der Waals surface area contributed by atoms with E-state index >= 15 is 0 Å². The lowest BCUT2D eigenvalue weighted by atomic mass is 9.78. The van der Waals surface area contributed by atoms with Crippen LogP contribution in [0.4, 0.5) is 4.79 Å². The van der Waals surface area contributed by atoms with E-state index < -0.39 is 0 Å². The second-order valence-corrected chi connectivity index (χ2v) is 5.89. The van der Waals surface area contributed by atoms with Crippen LogP contribution in [0.25, 0.3) is 6.08 Å². The van der Waals surface area contributed by atoms with Crippen LogP contribution in [0.2, 0.25) is 0 Å². The molecule has 2 aliphatic carbocycles. The summed E-state index contributed by atoms with van der Waals surface area (Å²) in [6.07, 6.45) is 13.2. The molecule has 0 saturated carbocycles. The van der Waals surface area contributed by atoms with Crippen molar-refractivity contribution in [2.75, 3.05) is 0 Å². The number of hydrogen-bond donors (Lipinski definition) is 1. The number of fused-ring (bicyclic) bond motifs is 2. The lowest BCUT2D eigenvalue weighted by Gasteiger charge is -2.29. The summed E-state index contributed by atoms with van der Waals surface area (Å²) in [5.41, 5.74) is 3.30. The second kappa shape index (κ2) is 4.92. The van der Waals surface area contributed by atoms with Gasteiger partial charge in [-0.05, 0) is 48.8 Å². The third kappa shape index (κ3) is 2.29. The highest BCUT2D eigenvalue weighted by molar-refractivity contribution is 5.74. The number of amides is 1. The minimum Gasteiger partial charge on any atom is -0.410 e. The van der Waals surface area contributed by atoms with E-state index in [9.17, 15) is 4.79 Å². The number of carbonyl (C=O) groups excluding carboxylic acids is 1. The van der Waals surface area contributed by atoms with Crippen molar-refractivity contribution < 1.29 is 9.53 Å². The molecule has 0 radical (unpaired) electrons. The van der Waals surface area contributed by atoms with Crippen molar-refractivity contribution >= 4 is 12.2 Å². The van der Waals surface area contributed by atoms with Gasteiger partial charge in [0.2, 0.25) is 0 Å². The Labute approximate surface area is 124 Å². The zero-order chi connectivity index (χ0) is 14.2. The topological polar surface area (TPSA) is 38.3 Å². The lowest BCUT2D eigenvalue weighted by molar-refractivity contribution is 0.201. The molecular weight excluding hydrogens is 262 g/mol. The van der Waals surface area contributed by atoms with Gasteiger partial charge in [0, 0.05) is 11.3 Å². The Morgan fingerprint density at radius 1 is 1.29 bits per heavy atom. The third-order valence-electron chi connectivity index (χ3n) is 4.44. The summed E-state index contributed by atoms with van der Waals surface area (Å²) in [5.74, 6) is 1.59. The summed E-state index contributed by atoms with van der Waals surface area (Å²) in [6.45, 7) is 0. The Balaban J connectivity index is 1.81. The molecule has 3 nitrogen and oxygen atoms in total. The van der Waals surface area contributed by atoms with E-state index in [1.807, 2.05) is 24.3 Å². The van der Waals surface area contributed by atoms with Crippen LogP contribution >= 0.6 is 0 Å². The maximum absolute atomic E-state index is 12.1. The van der Waals surface area contributed by atoms with Crippen molar-refractivity contribution in [3.05, 3.63) is 59.3 Å². The Morgan fingerprint density at radius 3 is 3.19 bits per heavy atom. The zero-order valence-electron chi connectivity index (χ0n) is 11.7. The first-order valence-electron chi connectivity index (χ1n) is 7.45. The summed E-state index contributed by atoms with van der Waals surface area (Å²) < 4.78 is 5.56. The van der Waals surface area contributed by atoms with Gasteiger partial charge in [-0.25, -0.2) is 4.79 Å². The maximum atomic E-state index is 12.1. The van der Waals surface area contributed by atoms with Gasteiger partial charge in [-0.15, -0.1) is 0 Å². The summed E-state index contributed by atoms with van der Waals surface area (Å²) in [6, 6.07) is 5.93. The van der Waals surface area contributed by atoms with E-state index in [1.165, 1.54) is 11.1 Å². The van der Waals surface area contributed by atoms with Crippen LogP contribution in [0.3, 0.4) is 0 Å². The molecule has 0 spiro atoms. The number of allylic oxidation sites excluding steroid dienone is 5. The molecule has 2 atom stereocenters. The van der Waals surface area contributed by atoms with Crippen molar-refractivity contribution in [2.45, 2.75) is 25.2 Å². The molecule has 106 valence electrons. The molecule has 0 saturated heterocycles. The van der Waals surface area contributed by atoms with Crippen molar-refractivity contribution in [1.29, 1.82) is 0 Å². The molecule has 21 heavy (non-hydrogen) atoms. The van der Waals surface area contributed by atoms with Gasteiger partial charge in [-0.2, -0.15) is 0 Å². The Bertz CT molecular complexity index is 684. The molecule has 1 aliphatic heterocycles. The first-order valence-corrected chi connectivity index (χ1v) is 7.45. The second-order valence-electron chi connectivity index (χ2n) is 5.89. The molecule has 1 N–H and O–H groups in total. The zero-order valence-corrected chi connectivity index (χ0v) is 11.7. The average Bonchev–Trinajstić information content (AvgIpc) is 2.47. The standard InChI is InChI=1S/C18H17NO2/c20-18-19-15-8-1-4-12(11-15)10-14-7-2-5-13-6-3-9-16(21-18)17(13)14/h1-6,8-9,12,14H,7,10-11H2,(H,19,20). The average molecular weight is 279 g/mol. The first-order chi connectivity index (χ1) is 10.3. The van der Waals surface area contributed by atoms with Crippen molar-refractivity contribution in [3.8, 4) is 5.75 Å². The van der Waals surface area contributed by atoms with Crippen molar-refractivity contribution in [3.63, 3.8) is 0 Å². The molecule has 2 bridgehead atoms. The molecule has 4 rings (SSSR count). The molecule has 1 aromatic carbocycles. The monoisotopic (exact) mass is 279 g/mol. The number of benzene rings is 1. The first kappa shape index (κ1) is 12.5. The van der Waals surface area contributed by atoms with Crippen LogP contribution < -0.4 is 10.1 Å². The van der Waals surface area contributed by atoms with E-state index in [4.69, 9.17) is 4.74 Å². The highest BCUT2D eigenvalue weighted by atomic mass is 16.6. The molecule has 3 heteroatoms. The molecule has 0 fully saturated rings. The maximum Gasteiger partial charge on any atom is 0.416 e. The van der Waals surface area contributed by atoms with Gasteiger partial charge in [-0.1, -0.05) is 36.4 Å². The molecule has 3 aliphatic rings. The van der Waals surface area contributed by atoms with Gasteiger partial charge in [0.05, 0.1) is 0 Å². The van der Waals surface area contributed by atoms with Gasteiger partial charge >= 0.3 is 6.09 Å².